The van der Waals surface area contributed by atoms with Crippen LogP contribution in [0.25, 0.3) is 12.2 Å². The second-order valence-electron chi connectivity index (χ2n) is 17.3. The summed E-state index contributed by atoms with van der Waals surface area (Å²) in [4.78, 5) is 26.1. The molecule has 13 heteroatoms. The third-order valence-corrected chi connectivity index (χ3v) is 13.0. The lowest BCUT2D eigenvalue weighted by molar-refractivity contribution is -0.385. The van der Waals surface area contributed by atoms with Gasteiger partial charge in [-0.25, -0.2) is 8.78 Å². The van der Waals surface area contributed by atoms with Gasteiger partial charge in [-0.3, -0.25) is 20.2 Å². The number of methoxy groups -OCH3 is 1. The van der Waals surface area contributed by atoms with Crippen LogP contribution < -0.4 is 24.0 Å². The summed E-state index contributed by atoms with van der Waals surface area (Å²) in [5, 5.41) is 22.6. The molecule has 0 aromatic heterocycles. The molecule has 2 spiro atoms. The fraction of sp³-hybridized carbons (Fsp3) is 0.231. The van der Waals surface area contributed by atoms with Crippen LogP contribution in [0.2, 0.25) is 0 Å². The lowest BCUT2D eigenvalue weighted by Gasteiger charge is -2.47. The highest BCUT2D eigenvalue weighted by atomic mass is 19.1. The molecule has 0 N–H and O–H groups in total. The number of para-hydroxylation sites is 2. The Morgan fingerprint density at radius 1 is 0.600 bits per heavy atom. The molecule has 0 aliphatic carbocycles. The predicted molar refractivity (Wildman–Crippen MR) is 248 cm³/mol. The van der Waals surface area contributed by atoms with Crippen LogP contribution in [0.5, 0.6) is 17.2 Å². The van der Waals surface area contributed by atoms with Gasteiger partial charge in [0.15, 0.2) is 11.5 Å². The molecule has 0 fully saturated rings. The van der Waals surface area contributed by atoms with E-state index in [0.717, 1.165) is 33.6 Å². The van der Waals surface area contributed by atoms with Crippen molar-refractivity contribution in [3.05, 3.63) is 205 Å². The van der Waals surface area contributed by atoms with E-state index in [1.54, 1.807) is 30.3 Å². The number of nitro groups is 2. The summed E-state index contributed by atoms with van der Waals surface area (Å²) in [5.41, 5.74) is 4.77. The predicted octanol–water partition coefficient (Wildman–Crippen LogP) is 12.3. The fourth-order valence-corrected chi connectivity index (χ4v) is 9.57. The Balaban J connectivity index is 0.000000175. The average molecular weight is 879 g/mol. The lowest BCUT2D eigenvalue weighted by Crippen LogP contribution is -2.59. The van der Waals surface area contributed by atoms with E-state index >= 15 is 0 Å². The molecule has 4 heterocycles. The van der Waals surface area contributed by atoms with Crippen LogP contribution >= 0.6 is 0 Å². The minimum Gasteiger partial charge on any atom is -0.493 e. The SMILES string of the molecule is C.CC1(C)c2ccccc2N(Cc2ccc(F)cc2)C12C=Cc1cc([N+](=O)[O-])ccc1O2.COc1cc([N+](=O)[O-])cc2c1OC1(C=C2)N(Cc2ccc(F)cc2)c2ccccc2C1(C)C. The Labute approximate surface area is 376 Å². The molecule has 0 bridgehead atoms. The number of non-ortho nitro benzene ring substituents is 2. The number of ether oxygens (including phenoxy) is 3. The van der Waals surface area contributed by atoms with Gasteiger partial charge in [-0.05, 0) is 117 Å². The van der Waals surface area contributed by atoms with Crippen molar-refractivity contribution in [3.8, 4) is 17.2 Å². The van der Waals surface area contributed by atoms with E-state index in [-0.39, 0.29) is 30.4 Å². The molecule has 0 saturated heterocycles. The number of benzene rings is 6. The van der Waals surface area contributed by atoms with Crippen molar-refractivity contribution in [1.82, 2.24) is 0 Å². The minimum atomic E-state index is -0.929. The van der Waals surface area contributed by atoms with Crippen molar-refractivity contribution in [2.75, 3.05) is 16.9 Å². The summed E-state index contributed by atoms with van der Waals surface area (Å²) < 4.78 is 45.9. The van der Waals surface area contributed by atoms with Crippen LogP contribution in [0.15, 0.2) is 140 Å². The molecule has 10 rings (SSSR count). The van der Waals surface area contributed by atoms with E-state index in [1.807, 2.05) is 48.6 Å². The zero-order valence-corrected chi connectivity index (χ0v) is 35.8. The number of hydrogen-bond donors (Lipinski definition) is 0. The zero-order valence-electron chi connectivity index (χ0n) is 35.8. The normalized spacial score (nSPS) is 19.7. The molecular formula is C52H48F2N4O7. The molecular weight excluding hydrogens is 831 g/mol. The number of anilines is 2. The number of hydrogen-bond acceptors (Lipinski definition) is 9. The van der Waals surface area contributed by atoms with Crippen LogP contribution in [-0.2, 0) is 23.9 Å². The molecule has 0 saturated carbocycles. The highest BCUT2D eigenvalue weighted by molar-refractivity contribution is 5.76. The van der Waals surface area contributed by atoms with Crippen LogP contribution in [0, 0.1) is 31.9 Å². The molecule has 6 aromatic rings. The van der Waals surface area contributed by atoms with Gasteiger partial charge in [0.1, 0.15) is 17.4 Å². The Bertz CT molecular complexity index is 2900. The molecule has 4 aliphatic heterocycles. The van der Waals surface area contributed by atoms with Crippen molar-refractivity contribution in [1.29, 1.82) is 0 Å². The summed E-state index contributed by atoms with van der Waals surface area (Å²) in [6, 6.07) is 36.7. The Morgan fingerprint density at radius 3 is 1.55 bits per heavy atom. The number of fused-ring (bicyclic) bond motifs is 4. The average Bonchev–Trinajstić information content (AvgIpc) is 3.57. The van der Waals surface area contributed by atoms with Gasteiger partial charge in [0.05, 0.1) is 33.9 Å². The second kappa shape index (κ2) is 16.2. The lowest BCUT2D eigenvalue weighted by atomic mass is 9.76. The smallest absolute Gasteiger partial charge is 0.274 e. The summed E-state index contributed by atoms with van der Waals surface area (Å²) in [5.74, 6) is 0.791. The van der Waals surface area contributed by atoms with Crippen molar-refractivity contribution in [3.63, 3.8) is 0 Å². The molecule has 2 atom stereocenters. The first kappa shape index (κ1) is 44.1. The fourth-order valence-electron chi connectivity index (χ4n) is 9.57. The number of rotatable bonds is 7. The van der Waals surface area contributed by atoms with E-state index < -0.39 is 32.1 Å². The maximum Gasteiger partial charge on any atom is 0.274 e. The molecule has 4 aliphatic rings. The Hall–Kier alpha value is -7.54. The monoisotopic (exact) mass is 878 g/mol. The van der Waals surface area contributed by atoms with Crippen molar-refractivity contribution in [2.24, 2.45) is 0 Å². The summed E-state index contributed by atoms with van der Waals surface area (Å²) in [7, 11) is 1.47. The minimum absolute atomic E-state index is 0. The largest absolute Gasteiger partial charge is 0.493 e. The van der Waals surface area contributed by atoms with Gasteiger partial charge in [0, 0.05) is 53.8 Å². The highest BCUT2D eigenvalue weighted by Gasteiger charge is 2.60. The van der Waals surface area contributed by atoms with Crippen LogP contribution in [0.3, 0.4) is 0 Å². The Kier molecular flexibility index (Phi) is 11.0. The van der Waals surface area contributed by atoms with Crippen molar-refractivity contribution in [2.45, 2.75) is 70.5 Å². The van der Waals surface area contributed by atoms with Crippen molar-refractivity contribution >= 4 is 34.9 Å². The van der Waals surface area contributed by atoms with Gasteiger partial charge in [0.25, 0.3) is 11.4 Å². The van der Waals surface area contributed by atoms with Gasteiger partial charge in [-0.15, -0.1) is 0 Å². The first-order chi connectivity index (χ1) is 30.6. The standard InChI is InChI=1S/C26H23FN2O4.C25H21FN2O3.CH4/c1-25(2)21-6-4-5-7-22(21)28(16-17-8-10-19(27)11-9-17)26(25)13-12-18-14-20(29(30)31)15-23(32-3)24(18)33-26;1-24(2)21-5-3-4-6-22(21)27(16-17-7-9-19(26)10-8-17)25(24)14-13-18-15-20(28(29)30)11-12-23(18)31-25;/h4-15H,16H2,1-3H3;3-15H,16H2,1-2H3;1H4. The quantitative estimate of drug-likeness (QED) is 0.114. The molecule has 332 valence electrons. The number of nitro benzene ring substituents is 2. The van der Waals surface area contributed by atoms with E-state index in [4.69, 9.17) is 14.2 Å². The third-order valence-electron chi connectivity index (χ3n) is 13.0. The Morgan fingerprint density at radius 2 is 1.06 bits per heavy atom. The highest BCUT2D eigenvalue weighted by Crippen LogP contribution is 2.58. The maximum absolute atomic E-state index is 13.5. The van der Waals surface area contributed by atoms with E-state index in [0.29, 0.717) is 41.5 Å². The zero-order chi connectivity index (χ0) is 45.2. The third kappa shape index (κ3) is 7.11. The van der Waals surface area contributed by atoms with Gasteiger partial charge in [-0.1, -0.05) is 68.1 Å². The van der Waals surface area contributed by atoms with Crippen LogP contribution in [0.4, 0.5) is 31.5 Å². The van der Waals surface area contributed by atoms with E-state index in [1.165, 1.54) is 55.6 Å². The van der Waals surface area contributed by atoms with Gasteiger partial charge >= 0.3 is 0 Å². The van der Waals surface area contributed by atoms with Gasteiger partial charge in [-0.2, -0.15) is 0 Å². The van der Waals surface area contributed by atoms with Crippen molar-refractivity contribution < 1.29 is 32.8 Å². The first-order valence-corrected chi connectivity index (χ1v) is 20.7. The molecule has 6 aromatic carbocycles. The topological polar surface area (TPSA) is 120 Å². The van der Waals surface area contributed by atoms with Gasteiger partial charge < -0.3 is 24.0 Å². The second-order valence-corrected chi connectivity index (χ2v) is 17.3. The summed E-state index contributed by atoms with van der Waals surface area (Å²) in [6.45, 7) is 9.50. The molecule has 0 amide bonds. The summed E-state index contributed by atoms with van der Waals surface area (Å²) >= 11 is 0. The molecule has 2 unspecified atom stereocenters. The molecule has 65 heavy (non-hydrogen) atoms. The number of nitrogens with zero attached hydrogens (tertiary/aromatic N) is 4. The van der Waals surface area contributed by atoms with Crippen LogP contribution in [0.1, 0.15) is 68.5 Å². The van der Waals surface area contributed by atoms with Gasteiger partial charge in [0.2, 0.25) is 11.4 Å². The van der Waals surface area contributed by atoms with E-state index in [9.17, 15) is 29.0 Å². The van der Waals surface area contributed by atoms with E-state index in [2.05, 4.69) is 61.8 Å². The maximum atomic E-state index is 13.5. The van der Waals surface area contributed by atoms with Crippen LogP contribution in [-0.4, -0.2) is 28.4 Å². The molecule has 11 nitrogen and oxygen atoms in total. The number of halogens is 2. The molecule has 0 radical (unpaired) electrons. The first-order valence-electron chi connectivity index (χ1n) is 20.7. The summed E-state index contributed by atoms with van der Waals surface area (Å²) in [6.07, 6.45) is 7.71.